The topological polar surface area (TPSA) is 102 Å². The number of benzene rings is 2. The highest BCUT2D eigenvalue weighted by molar-refractivity contribution is 6.05. The fourth-order valence-electron chi connectivity index (χ4n) is 2.99. The van der Waals surface area contributed by atoms with Crippen LogP contribution in [0.15, 0.2) is 67.0 Å². The molecule has 1 heterocycles. The van der Waals surface area contributed by atoms with Crippen molar-refractivity contribution in [2.75, 3.05) is 23.8 Å². The number of nitrogens with one attached hydrogen (secondary N) is 2. The van der Waals surface area contributed by atoms with Gasteiger partial charge in [0, 0.05) is 30.9 Å². The molecule has 0 saturated carbocycles. The number of carbonyl (C=O) groups is 2. The van der Waals surface area contributed by atoms with Crippen molar-refractivity contribution in [2.24, 2.45) is 0 Å². The number of anilines is 2. The van der Waals surface area contributed by atoms with E-state index in [0.717, 1.165) is 12.8 Å². The van der Waals surface area contributed by atoms with Gasteiger partial charge < -0.3 is 20.1 Å². The van der Waals surface area contributed by atoms with E-state index in [1.54, 1.807) is 60.9 Å². The predicted molar refractivity (Wildman–Crippen MR) is 127 cm³/mol. The van der Waals surface area contributed by atoms with Gasteiger partial charge in [-0.1, -0.05) is 31.2 Å². The summed E-state index contributed by atoms with van der Waals surface area (Å²) in [5.74, 6) is 0.539. The smallest absolute Gasteiger partial charge is 0.311 e. The standard InChI is InChI=1S/C25H28N4O4/c1-2-10-22(30)33-23-20(29-24(31)19-11-4-3-5-12-19)13-8-14-21(23)32-18-7-6-15-26-25-27-16-9-17-28-25/h3-5,8-9,11-14,16-17H,2,6-7,10,15,18H2,1H3,(H,29,31)(H,26,27,28). The summed E-state index contributed by atoms with van der Waals surface area (Å²) in [6, 6.07) is 15.8. The zero-order valence-corrected chi connectivity index (χ0v) is 18.6. The fraction of sp³-hybridized carbons (Fsp3) is 0.280. The van der Waals surface area contributed by atoms with Gasteiger partial charge in [0.05, 0.1) is 12.3 Å². The summed E-state index contributed by atoms with van der Waals surface area (Å²) in [4.78, 5) is 33.1. The third-order valence-corrected chi connectivity index (χ3v) is 4.61. The summed E-state index contributed by atoms with van der Waals surface area (Å²) >= 11 is 0. The molecule has 1 amide bonds. The van der Waals surface area contributed by atoms with Crippen molar-refractivity contribution in [3.8, 4) is 11.5 Å². The Morgan fingerprint density at radius 1 is 0.939 bits per heavy atom. The predicted octanol–water partition coefficient (Wildman–Crippen LogP) is 4.71. The Hall–Kier alpha value is -3.94. The Morgan fingerprint density at radius 3 is 2.48 bits per heavy atom. The van der Waals surface area contributed by atoms with Crippen molar-refractivity contribution in [3.05, 3.63) is 72.6 Å². The summed E-state index contributed by atoms with van der Waals surface area (Å²) < 4.78 is 11.5. The SMILES string of the molecule is CCCC(=O)Oc1c(NC(=O)c2ccccc2)cccc1OCCCCNc1ncccn1. The Bertz CT molecular complexity index is 1030. The third-order valence-electron chi connectivity index (χ3n) is 4.61. The molecule has 172 valence electrons. The second-order valence-electron chi connectivity index (χ2n) is 7.23. The highest BCUT2D eigenvalue weighted by Gasteiger charge is 2.17. The lowest BCUT2D eigenvalue weighted by Gasteiger charge is -2.16. The number of para-hydroxylation sites is 1. The van der Waals surface area contributed by atoms with Crippen LogP contribution in [0.1, 0.15) is 43.0 Å². The number of aromatic nitrogens is 2. The first-order chi connectivity index (χ1) is 16.2. The second-order valence-corrected chi connectivity index (χ2v) is 7.23. The molecule has 0 radical (unpaired) electrons. The summed E-state index contributed by atoms with van der Waals surface area (Å²) in [6.07, 6.45) is 5.91. The third kappa shape index (κ3) is 7.60. The monoisotopic (exact) mass is 448 g/mol. The van der Waals surface area contributed by atoms with Crippen LogP contribution in [-0.2, 0) is 4.79 Å². The normalized spacial score (nSPS) is 10.3. The van der Waals surface area contributed by atoms with Crippen LogP contribution in [0.3, 0.4) is 0 Å². The Labute approximate surface area is 193 Å². The molecule has 0 atom stereocenters. The molecule has 0 aliphatic rings. The number of hydrogen-bond donors (Lipinski definition) is 2. The molecule has 0 bridgehead atoms. The van der Waals surface area contributed by atoms with Crippen molar-refractivity contribution >= 4 is 23.5 Å². The number of hydrogen-bond acceptors (Lipinski definition) is 7. The molecule has 0 saturated heterocycles. The van der Waals surface area contributed by atoms with Gasteiger partial charge in [0.1, 0.15) is 0 Å². The average molecular weight is 449 g/mol. The highest BCUT2D eigenvalue weighted by atomic mass is 16.6. The summed E-state index contributed by atoms with van der Waals surface area (Å²) in [7, 11) is 0. The van der Waals surface area contributed by atoms with E-state index in [-0.39, 0.29) is 24.0 Å². The number of ether oxygens (including phenoxy) is 2. The number of nitrogens with zero attached hydrogens (tertiary/aromatic N) is 2. The maximum atomic E-state index is 12.6. The molecule has 3 rings (SSSR count). The van der Waals surface area contributed by atoms with E-state index in [2.05, 4.69) is 20.6 Å². The molecule has 2 N–H and O–H groups in total. The van der Waals surface area contributed by atoms with E-state index in [1.807, 2.05) is 13.0 Å². The fourth-order valence-corrected chi connectivity index (χ4v) is 2.99. The van der Waals surface area contributed by atoms with E-state index >= 15 is 0 Å². The quantitative estimate of drug-likeness (QED) is 0.235. The van der Waals surface area contributed by atoms with Gasteiger partial charge in [-0.3, -0.25) is 9.59 Å². The minimum Gasteiger partial charge on any atom is -0.490 e. The van der Waals surface area contributed by atoms with E-state index < -0.39 is 0 Å². The maximum absolute atomic E-state index is 12.6. The van der Waals surface area contributed by atoms with E-state index in [0.29, 0.717) is 42.5 Å². The Morgan fingerprint density at radius 2 is 1.73 bits per heavy atom. The van der Waals surface area contributed by atoms with Crippen LogP contribution in [-0.4, -0.2) is 35.0 Å². The average Bonchev–Trinajstić information content (AvgIpc) is 2.84. The number of unbranched alkanes of at least 4 members (excludes halogenated alkanes) is 1. The second kappa shape index (κ2) is 12.8. The minimum atomic E-state index is -0.379. The lowest BCUT2D eigenvalue weighted by Crippen LogP contribution is -2.15. The molecule has 33 heavy (non-hydrogen) atoms. The first kappa shape index (κ1) is 23.7. The van der Waals surface area contributed by atoms with Gasteiger partial charge in [-0.15, -0.1) is 0 Å². The van der Waals surface area contributed by atoms with Crippen molar-refractivity contribution < 1.29 is 19.1 Å². The zero-order valence-electron chi connectivity index (χ0n) is 18.6. The van der Waals surface area contributed by atoms with Gasteiger partial charge in [-0.2, -0.15) is 0 Å². The van der Waals surface area contributed by atoms with Crippen molar-refractivity contribution in [1.29, 1.82) is 0 Å². The molecule has 0 unspecified atom stereocenters. The van der Waals surface area contributed by atoms with Crippen LogP contribution in [0.25, 0.3) is 0 Å². The number of rotatable bonds is 12. The molecular weight excluding hydrogens is 420 g/mol. The van der Waals surface area contributed by atoms with Crippen molar-refractivity contribution in [2.45, 2.75) is 32.6 Å². The van der Waals surface area contributed by atoms with Crippen LogP contribution < -0.4 is 20.1 Å². The van der Waals surface area contributed by atoms with Gasteiger partial charge in [0.25, 0.3) is 5.91 Å². The number of amides is 1. The first-order valence-corrected chi connectivity index (χ1v) is 11.0. The molecule has 0 aliphatic heterocycles. The van der Waals surface area contributed by atoms with Crippen LogP contribution in [0, 0.1) is 0 Å². The summed E-state index contributed by atoms with van der Waals surface area (Å²) in [6.45, 7) is 3.03. The largest absolute Gasteiger partial charge is 0.490 e. The molecule has 1 aromatic heterocycles. The first-order valence-electron chi connectivity index (χ1n) is 11.0. The van der Waals surface area contributed by atoms with Gasteiger partial charge in [-0.25, -0.2) is 9.97 Å². The molecule has 2 aromatic carbocycles. The molecule has 0 fully saturated rings. The minimum absolute atomic E-state index is 0.219. The molecule has 8 heteroatoms. The molecule has 3 aromatic rings. The summed E-state index contributed by atoms with van der Waals surface area (Å²) in [5, 5.41) is 5.97. The van der Waals surface area contributed by atoms with E-state index in [9.17, 15) is 9.59 Å². The van der Waals surface area contributed by atoms with E-state index in [4.69, 9.17) is 9.47 Å². The molecule has 0 spiro atoms. The highest BCUT2D eigenvalue weighted by Crippen LogP contribution is 2.36. The summed E-state index contributed by atoms with van der Waals surface area (Å²) in [5.41, 5.74) is 0.887. The zero-order chi connectivity index (χ0) is 23.3. The Balaban J connectivity index is 1.62. The van der Waals surface area contributed by atoms with Crippen LogP contribution in [0.2, 0.25) is 0 Å². The van der Waals surface area contributed by atoms with Crippen LogP contribution >= 0.6 is 0 Å². The molecule has 8 nitrogen and oxygen atoms in total. The van der Waals surface area contributed by atoms with Crippen molar-refractivity contribution in [1.82, 2.24) is 9.97 Å². The van der Waals surface area contributed by atoms with Gasteiger partial charge in [0.2, 0.25) is 5.95 Å². The van der Waals surface area contributed by atoms with E-state index in [1.165, 1.54) is 0 Å². The van der Waals surface area contributed by atoms with Gasteiger partial charge in [-0.05, 0) is 49.6 Å². The molecule has 0 aliphatic carbocycles. The van der Waals surface area contributed by atoms with Crippen LogP contribution in [0.5, 0.6) is 11.5 Å². The number of carbonyl (C=O) groups excluding carboxylic acids is 2. The Kier molecular flexibility index (Phi) is 9.20. The van der Waals surface area contributed by atoms with Gasteiger partial charge >= 0.3 is 5.97 Å². The van der Waals surface area contributed by atoms with Gasteiger partial charge in [0.15, 0.2) is 11.5 Å². The molecular formula is C25H28N4O4. The lowest BCUT2D eigenvalue weighted by atomic mass is 10.2. The van der Waals surface area contributed by atoms with Crippen LogP contribution in [0.4, 0.5) is 11.6 Å². The lowest BCUT2D eigenvalue weighted by molar-refractivity contribution is -0.134. The maximum Gasteiger partial charge on any atom is 0.311 e. The number of esters is 1. The van der Waals surface area contributed by atoms with Crippen molar-refractivity contribution in [3.63, 3.8) is 0 Å².